The van der Waals surface area contributed by atoms with Crippen LogP contribution in [0.4, 0.5) is 0 Å². The van der Waals surface area contributed by atoms with Crippen molar-refractivity contribution in [3.63, 3.8) is 0 Å². The molecule has 76 valence electrons. The first-order valence-electron chi connectivity index (χ1n) is 4.89. The summed E-state index contributed by atoms with van der Waals surface area (Å²) in [5.74, 6) is 0.898. The molecule has 1 aromatic carbocycles. The molecule has 0 aliphatic carbocycles. The van der Waals surface area contributed by atoms with Crippen molar-refractivity contribution in [2.45, 2.75) is 25.5 Å². The zero-order valence-electron chi connectivity index (χ0n) is 8.16. The van der Waals surface area contributed by atoms with Crippen LogP contribution in [0.25, 0.3) is 0 Å². The fourth-order valence-electron chi connectivity index (χ4n) is 1.69. The molecule has 14 heavy (non-hydrogen) atoms. The zero-order valence-corrected chi connectivity index (χ0v) is 8.92. The van der Waals surface area contributed by atoms with E-state index in [1.807, 2.05) is 24.3 Å². The topological polar surface area (TPSA) is 21.3 Å². The summed E-state index contributed by atoms with van der Waals surface area (Å²) in [4.78, 5) is 0. The van der Waals surface area contributed by atoms with Crippen LogP contribution in [0.5, 0.6) is 5.75 Å². The summed E-state index contributed by atoms with van der Waals surface area (Å²) >= 11 is 5.78. The summed E-state index contributed by atoms with van der Waals surface area (Å²) < 4.78 is 5.78. The molecule has 2 atom stereocenters. The Morgan fingerprint density at radius 2 is 2.07 bits per heavy atom. The van der Waals surface area contributed by atoms with E-state index in [4.69, 9.17) is 16.3 Å². The largest absolute Gasteiger partial charge is 0.489 e. The lowest BCUT2D eigenvalue weighted by Crippen LogP contribution is -2.20. The van der Waals surface area contributed by atoms with Gasteiger partial charge in [0.2, 0.25) is 0 Å². The number of hydrogen-bond donors (Lipinski definition) is 1. The van der Waals surface area contributed by atoms with Crippen LogP contribution >= 0.6 is 11.6 Å². The van der Waals surface area contributed by atoms with Crippen LogP contribution in [0.3, 0.4) is 0 Å². The fraction of sp³-hybridized carbons (Fsp3) is 0.455. The number of ether oxygens (including phenoxy) is 1. The molecule has 1 aromatic rings. The number of hydrogen-bond acceptors (Lipinski definition) is 2. The Labute approximate surface area is 89.2 Å². The third-order valence-corrected chi connectivity index (χ3v) is 2.68. The van der Waals surface area contributed by atoms with Crippen molar-refractivity contribution in [1.82, 2.24) is 5.32 Å². The molecule has 2 rings (SSSR count). The van der Waals surface area contributed by atoms with E-state index in [1.165, 1.54) is 0 Å². The monoisotopic (exact) mass is 211 g/mol. The molecule has 0 spiro atoms. The molecule has 1 heterocycles. The van der Waals surface area contributed by atoms with Crippen LogP contribution in [-0.2, 0) is 0 Å². The third-order valence-electron chi connectivity index (χ3n) is 2.43. The van der Waals surface area contributed by atoms with Gasteiger partial charge in [0.1, 0.15) is 11.9 Å². The van der Waals surface area contributed by atoms with Gasteiger partial charge in [-0.05, 0) is 31.2 Å². The van der Waals surface area contributed by atoms with Crippen LogP contribution in [0.1, 0.15) is 13.3 Å². The molecular weight excluding hydrogens is 198 g/mol. The Hall–Kier alpha value is -0.730. The second-order valence-electron chi connectivity index (χ2n) is 3.74. The second kappa shape index (κ2) is 4.20. The Balaban J connectivity index is 1.94. The van der Waals surface area contributed by atoms with Crippen molar-refractivity contribution in [1.29, 1.82) is 0 Å². The average Bonchev–Trinajstić information content (AvgIpc) is 2.56. The van der Waals surface area contributed by atoms with E-state index in [9.17, 15) is 0 Å². The zero-order chi connectivity index (χ0) is 9.97. The predicted octanol–water partition coefficient (Wildman–Crippen LogP) is 2.47. The predicted molar refractivity (Wildman–Crippen MR) is 57.9 cm³/mol. The normalized spacial score (nSPS) is 26.4. The number of nitrogens with one attached hydrogen (secondary N) is 1. The molecule has 0 saturated carbocycles. The van der Waals surface area contributed by atoms with Gasteiger partial charge in [0.25, 0.3) is 0 Å². The molecule has 1 aliphatic heterocycles. The van der Waals surface area contributed by atoms with Crippen LogP contribution in [0, 0.1) is 0 Å². The summed E-state index contributed by atoms with van der Waals surface area (Å²) in [5, 5.41) is 4.10. The van der Waals surface area contributed by atoms with Crippen LogP contribution < -0.4 is 10.1 Å². The minimum Gasteiger partial charge on any atom is -0.489 e. The smallest absolute Gasteiger partial charge is 0.119 e. The molecule has 0 aromatic heterocycles. The minimum absolute atomic E-state index is 0.297. The summed E-state index contributed by atoms with van der Waals surface area (Å²) in [6.45, 7) is 3.11. The summed E-state index contributed by atoms with van der Waals surface area (Å²) in [6, 6.07) is 8.08. The van der Waals surface area contributed by atoms with Crippen molar-refractivity contribution in [2.24, 2.45) is 0 Å². The molecule has 1 saturated heterocycles. The van der Waals surface area contributed by atoms with Crippen molar-refractivity contribution in [3.8, 4) is 5.75 Å². The van der Waals surface area contributed by atoms with E-state index in [0.29, 0.717) is 12.1 Å². The Morgan fingerprint density at radius 3 is 2.64 bits per heavy atom. The molecule has 1 N–H and O–H groups in total. The Kier molecular flexibility index (Phi) is 2.94. The average molecular weight is 212 g/mol. The van der Waals surface area contributed by atoms with Gasteiger partial charge in [-0.25, -0.2) is 0 Å². The van der Waals surface area contributed by atoms with Crippen LogP contribution in [0.15, 0.2) is 24.3 Å². The van der Waals surface area contributed by atoms with Crippen molar-refractivity contribution < 1.29 is 4.74 Å². The number of rotatable bonds is 2. The summed E-state index contributed by atoms with van der Waals surface area (Å²) in [6.07, 6.45) is 1.37. The molecule has 2 nitrogen and oxygen atoms in total. The quantitative estimate of drug-likeness (QED) is 0.812. The molecule has 3 heteroatoms. The van der Waals surface area contributed by atoms with Gasteiger partial charge in [0, 0.05) is 24.0 Å². The minimum atomic E-state index is 0.297. The van der Waals surface area contributed by atoms with Gasteiger partial charge >= 0.3 is 0 Å². The van der Waals surface area contributed by atoms with E-state index < -0.39 is 0 Å². The summed E-state index contributed by atoms with van der Waals surface area (Å²) in [5.41, 5.74) is 0. The number of halogens is 1. The molecule has 2 unspecified atom stereocenters. The van der Waals surface area contributed by atoms with Gasteiger partial charge in [0.05, 0.1) is 0 Å². The first-order chi connectivity index (χ1) is 6.74. The molecule has 0 bridgehead atoms. The lowest BCUT2D eigenvalue weighted by molar-refractivity contribution is 0.220. The van der Waals surface area contributed by atoms with Gasteiger partial charge in [-0.3, -0.25) is 0 Å². The summed E-state index contributed by atoms with van der Waals surface area (Å²) in [7, 11) is 0. The second-order valence-corrected chi connectivity index (χ2v) is 4.18. The lowest BCUT2D eigenvalue weighted by Gasteiger charge is -2.12. The van der Waals surface area contributed by atoms with Crippen molar-refractivity contribution in [2.75, 3.05) is 6.54 Å². The molecule has 0 radical (unpaired) electrons. The third kappa shape index (κ3) is 2.40. The first kappa shape index (κ1) is 9.81. The highest BCUT2D eigenvalue weighted by Crippen LogP contribution is 2.19. The molecule has 1 fully saturated rings. The van der Waals surface area contributed by atoms with Crippen LogP contribution in [0.2, 0.25) is 5.02 Å². The Morgan fingerprint density at radius 1 is 1.36 bits per heavy atom. The highest BCUT2D eigenvalue weighted by Gasteiger charge is 2.21. The number of benzene rings is 1. The van der Waals surface area contributed by atoms with E-state index >= 15 is 0 Å². The van der Waals surface area contributed by atoms with Gasteiger partial charge in [-0.15, -0.1) is 0 Å². The fourth-order valence-corrected chi connectivity index (χ4v) is 1.82. The van der Waals surface area contributed by atoms with Gasteiger partial charge in [0.15, 0.2) is 0 Å². The van der Waals surface area contributed by atoms with E-state index in [-0.39, 0.29) is 0 Å². The standard InChI is InChI=1S/C11H14ClNO/c1-8-6-11(7-13-8)14-10-4-2-9(12)3-5-10/h2-5,8,11,13H,6-7H2,1H3. The van der Waals surface area contributed by atoms with Crippen molar-refractivity contribution >= 4 is 11.6 Å². The van der Waals surface area contributed by atoms with E-state index in [1.54, 1.807) is 0 Å². The maximum absolute atomic E-state index is 5.78. The van der Waals surface area contributed by atoms with Gasteiger partial charge in [-0.1, -0.05) is 11.6 Å². The Bertz CT molecular complexity index is 299. The van der Waals surface area contributed by atoms with Gasteiger partial charge in [-0.2, -0.15) is 0 Å². The van der Waals surface area contributed by atoms with Crippen LogP contribution in [-0.4, -0.2) is 18.7 Å². The maximum Gasteiger partial charge on any atom is 0.119 e. The van der Waals surface area contributed by atoms with Crippen molar-refractivity contribution in [3.05, 3.63) is 29.3 Å². The molecular formula is C11H14ClNO. The highest BCUT2D eigenvalue weighted by atomic mass is 35.5. The van der Waals surface area contributed by atoms with E-state index in [0.717, 1.165) is 23.7 Å². The molecule has 0 amide bonds. The highest BCUT2D eigenvalue weighted by molar-refractivity contribution is 6.30. The first-order valence-corrected chi connectivity index (χ1v) is 5.27. The SMILES string of the molecule is CC1CC(Oc2ccc(Cl)cc2)CN1. The van der Waals surface area contributed by atoms with Gasteiger partial charge < -0.3 is 10.1 Å². The molecule has 1 aliphatic rings. The maximum atomic E-state index is 5.78. The van der Waals surface area contributed by atoms with E-state index in [2.05, 4.69) is 12.2 Å². The lowest BCUT2D eigenvalue weighted by atomic mass is 10.2.